The number of hydrogen-bond acceptors (Lipinski definition) is 8. The zero-order valence-electron chi connectivity index (χ0n) is 42.1. The van der Waals surface area contributed by atoms with Gasteiger partial charge in [-0.1, -0.05) is 136 Å². The van der Waals surface area contributed by atoms with Gasteiger partial charge in [-0.15, -0.1) is 0 Å². The van der Waals surface area contributed by atoms with E-state index in [0.717, 1.165) is 77.0 Å². The van der Waals surface area contributed by atoms with Crippen molar-refractivity contribution in [2.24, 2.45) is 105 Å². The Kier molecular flexibility index (Phi) is 14.5. The van der Waals surface area contributed by atoms with Crippen LogP contribution < -0.4 is 0 Å². The molecule has 354 valence electrons. The van der Waals surface area contributed by atoms with Crippen LogP contribution in [0, 0.1) is 105 Å². The molecule has 0 aliphatic heterocycles. The van der Waals surface area contributed by atoms with E-state index in [1.807, 2.05) is 27.7 Å². The first-order valence-electron chi connectivity index (χ1n) is 25.7. The molecule has 0 heterocycles. The Bertz CT molecular complexity index is 1510. The van der Waals surface area contributed by atoms with Gasteiger partial charge in [0, 0.05) is 0 Å². The van der Waals surface area contributed by atoms with Crippen molar-refractivity contribution < 1.29 is 38.1 Å². The lowest BCUT2D eigenvalue weighted by Crippen LogP contribution is -2.49. The van der Waals surface area contributed by atoms with Crippen LogP contribution in [0.3, 0.4) is 0 Å². The third-order valence-corrected chi connectivity index (χ3v) is 18.8. The lowest BCUT2D eigenvalue weighted by molar-refractivity contribution is -0.187. The second-order valence-corrected chi connectivity index (χ2v) is 25.1. The van der Waals surface area contributed by atoms with Crippen LogP contribution in [-0.4, -0.2) is 48.3 Å². The predicted molar refractivity (Wildman–Crippen MR) is 244 cm³/mol. The van der Waals surface area contributed by atoms with Gasteiger partial charge >= 0.3 is 23.9 Å². The van der Waals surface area contributed by atoms with Crippen LogP contribution in [-0.2, 0) is 38.1 Å². The molecule has 6 saturated carbocycles. The number of ether oxygens (including phenoxy) is 4. The molecular weight excluding hydrogens is 777 g/mol. The summed E-state index contributed by atoms with van der Waals surface area (Å²) in [5, 5.41) is 0. The van der Waals surface area contributed by atoms with Crippen LogP contribution in [0.15, 0.2) is 0 Å². The van der Waals surface area contributed by atoms with Gasteiger partial charge in [0.25, 0.3) is 0 Å². The molecule has 6 fully saturated rings. The van der Waals surface area contributed by atoms with Crippen LogP contribution in [0.25, 0.3) is 0 Å². The van der Waals surface area contributed by atoms with E-state index >= 15 is 19.2 Å². The molecule has 8 nitrogen and oxygen atoms in total. The predicted octanol–water partition coefficient (Wildman–Crippen LogP) is 12.3. The third kappa shape index (κ3) is 8.45. The SMILES string of the molecule is CC(C)[C@@H]1CC[C@@H](C)C[C@H]1OC(=O)C1C(C)(C)[C@]1(C(=O)O[C@@H]1C[C@H](C)CC[C@H]1C(C)C)[C@]1(C(=O)O[C@@H]2C[C@H](C)CC[C@H]2C(C)C)C(C(=O)O[C@@H]2C[C@H](C)CC[C@H]2C(C)C)C1(C)C. The van der Waals surface area contributed by atoms with E-state index in [0.29, 0.717) is 35.5 Å². The Balaban J connectivity index is 1.51. The summed E-state index contributed by atoms with van der Waals surface area (Å²) >= 11 is 0. The normalized spacial score (nSPS) is 42.6. The maximum atomic E-state index is 16.1. The molecule has 8 heteroatoms. The van der Waals surface area contributed by atoms with Crippen LogP contribution in [0.1, 0.15) is 188 Å². The van der Waals surface area contributed by atoms with Gasteiger partial charge in [-0.05, 0) is 133 Å². The fourth-order valence-electron chi connectivity index (χ4n) is 14.9. The van der Waals surface area contributed by atoms with Crippen molar-refractivity contribution in [2.75, 3.05) is 0 Å². The highest BCUT2D eigenvalue weighted by Gasteiger charge is 3.01. The standard InChI is InChI=1S/C54H90O8/c1-29(2)37-21-17-33(9)25-41(37)59-47(55)45-51(13,14)53(45,49(57)61-43-27-35(11)19-23-39(43)31(5)6)54(50(58)62-44-28-36(12)20-24-40(44)32(7)8)46(52(54,15)16)48(56)60-42-26-34(10)18-22-38(42)30(3)4/h29-46H,17-28H2,1-16H3/t33-,34-,35-,36-,37+,38+,39+,40+,41-,42-,43-,44-,45?,46?,53+,54+/m1/s1. The first kappa shape index (κ1) is 49.3. The number of rotatable bonds is 13. The fraction of sp³-hybridized carbons (Fsp3) is 0.926. The Morgan fingerprint density at radius 3 is 0.839 bits per heavy atom. The van der Waals surface area contributed by atoms with Gasteiger partial charge in [-0.3, -0.25) is 19.2 Å². The summed E-state index contributed by atoms with van der Waals surface area (Å²) in [5.74, 6) is -0.651. The van der Waals surface area contributed by atoms with E-state index in [9.17, 15) is 0 Å². The van der Waals surface area contributed by atoms with E-state index in [4.69, 9.17) is 18.9 Å². The summed E-state index contributed by atoms with van der Waals surface area (Å²) < 4.78 is 27.2. The molecule has 0 aromatic rings. The van der Waals surface area contributed by atoms with Crippen molar-refractivity contribution in [1.29, 1.82) is 0 Å². The topological polar surface area (TPSA) is 105 Å². The molecule has 2 unspecified atom stereocenters. The molecule has 0 amide bonds. The Morgan fingerprint density at radius 2 is 0.613 bits per heavy atom. The molecule has 6 aliphatic rings. The minimum atomic E-state index is -1.72. The van der Waals surface area contributed by atoms with Gasteiger partial charge in [0.05, 0.1) is 11.8 Å². The van der Waals surface area contributed by atoms with Gasteiger partial charge in [-0.25, -0.2) is 0 Å². The molecule has 0 radical (unpaired) electrons. The molecule has 0 aromatic heterocycles. The molecule has 0 saturated heterocycles. The number of esters is 4. The molecule has 0 N–H and O–H groups in total. The Hall–Kier alpha value is -2.12. The van der Waals surface area contributed by atoms with Crippen LogP contribution in [0.5, 0.6) is 0 Å². The highest BCUT2D eigenvalue weighted by atomic mass is 16.6. The van der Waals surface area contributed by atoms with Gasteiger partial charge in [0.15, 0.2) is 0 Å². The number of hydrogen-bond donors (Lipinski definition) is 0. The maximum Gasteiger partial charge on any atom is 0.315 e. The third-order valence-electron chi connectivity index (χ3n) is 18.8. The van der Waals surface area contributed by atoms with E-state index in [2.05, 4.69) is 83.1 Å². The average molecular weight is 867 g/mol. The first-order valence-corrected chi connectivity index (χ1v) is 25.7. The number of carbonyl (C=O) groups is 4. The second kappa shape index (κ2) is 18.3. The zero-order chi connectivity index (χ0) is 46.0. The van der Waals surface area contributed by atoms with Crippen LogP contribution in [0.2, 0.25) is 0 Å². The zero-order valence-corrected chi connectivity index (χ0v) is 42.1. The lowest BCUT2D eigenvalue weighted by atomic mass is 9.72. The van der Waals surface area contributed by atoms with Crippen molar-refractivity contribution in [3.05, 3.63) is 0 Å². The minimum Gasteiger partial charge on any atom is -0.462 e. The highest BCUT2D eigenvalue weighted by molar-refractivity contribution is 6.06. The Morgan fingerprint density at radius 1 is 0.387 bits per heavy atom. The highest BCUT2D eigenvalue weighted by Crippen LogP contribution is 2.90. The summed E-state index contributed by atoms with van der Waals surface area (Å²) in [5.41, 5.74) is -5.63. The molecule has 6 rings (SSSR count). The Labute approximate surface area is 377 Å². The molecule has 62 heavy (non-hydrogen) atoms. The van der Waals surface area contributed by atoms with Gasteiger partial charge in [-0.2, -0.15) is 0 Å². The minimum absolute atomic E-state index is 0.141. The van der Waals surface area contributed by atoms with E-state index in [1.165, 1.54) is 0 Å². The van der Waals surface area contributed by atoms with E-state index in [-0.39, 0.29) is 59.9 Å². The first-order chi connectivity index (χ1) is 28.9. The van der Waals surface area contributed by atoms with Crippen molar-refractivity contribution in [3.8, 4) is 0 Å². The molecule has 16 atom stereocenters. The summed E-state index contributed by atoms with van der Waals surface area (Å²) in [6, 6.07) is 0. The molecule has 0 spiro atoms. The summed E-state index contributed by atoms with van der Waals surface area (Å²) in [6.07, 6.45) is 9.72. The summed E-state index contributed by atoms with van der Waals surface area (Å²) in [6.45, 7) is 34.2. The largest absolute Gasteiger partial charge is 0.462 e. The van der Waals surface area contributed by atoms with Gasteiger partial charge in [0.1, 0.15) is 35.2 Å². The van der Waals surface area contributed by atoms with E-state index < -0.39 is 57.4 Å². The van der Waals surface area contributed by atoms with E-state index in [1.54, 1.807) is 0 Å². The smallest absolute Gasteiger partial charge is 0.315 e. The molecule has 0 aromatic carbocycles. The van der Waals surface area contributed by atoms with Gasteiger partial charge < -0.3 is 18.9 Å². The van der Waals surface area contributed by atoms with Crippen LogP contribution >= 0.6 is 0 Å². The monoisotopic (exact) mass is 867 g/mol. The van der Waals surface area contributed by atoms with Gasteiger partial charge in [0.2, 0.25) is 0 Å². The van der Waals surface area contributed by atoms with Crippen molar-refractivity contribution in [2.45, 2.75) is 212 Å². The number of carbonyl (C=O) groups excluding carboxylic acids is 4. The molecular formula is C54H90O8. The average Bonchev–Trinajstić information content (AvgIpc) is 3.91. The van der Waals surface area contributed by atoms with Crippen LogP contribution in [0.4, 0.5) is 0 Å². The van der Waals surface area contributed by atoms with Crippen molar-refractivity contribution in [1.82, 2.24) is 0 Å². The summed E-state index contributed by atoms with van der Waals surface area (Å²) in [7, 11) is 0. The maximum absolute atomic E-state index is 16.1. The summed E-state index contributed by atoms with van der Waals surface area (Å²) in [4.78, 5) is 62.8. The fourth-order valence-corrected chi connectivity index (χ4v) is 14.9. The molecule has 0 bridgehead atoms. The van der Waals surface area contributed by atoms with Crippen molar-refractivity contribution in [3.63, 3.8) is 0 Å². The lowest BCUT2D eigenvalue weighted by Gasteiger charge is -2.41. The molecule has 6 aliphatic carbocycles. The quantitative estimate of drug-likeness (QED) is 0.133. The second-order valence-electron chi connectivity index (χ2n) is 25.1. The van der Waals surface area contributed by atoms with Crippen molar-refractivity contribution >= 4 is 23.9 Å².